The number of nitrogens with zero attached hydrogens (tertiary/aromatic N) is 1. The van der Waals surface area contributed by atoms with Crippen molar-refractivity contribution < 1.29 is 19.2 Å². The van der Waals surface area contributed by atoms with E-state index in [4.69, 9.17) is 9.26 Å². The Bertz CT molecular complexity index is 905. The first-order chi connectivity index (χ1) is 13.5. The van der Waals surface area contributed by atoms with Gasteiger partial charge in [0.25, 0.3) is 0 Å². The Balaban J connectivity index is 1.52. The summed E-state index contributed by atoms with van der Waals surface area (Å²) in [6, 6.07) is 18.1. The number of aromatic nitrogens is 1. The van der Waals surface area contributed by atoms with E-state index in [-0.39, 0.29) is 12.5 Å². The first-order valence-electron chi connectivity index (χ1n) is 8.89. The van der Waals surface area contributed by atoms with Gasteiger partial charge in [0.2, 0.25) is 5.88 Å². The molecule has 2 aromatic carbocycles. The van der Waals surface area contributed by atoms with Gasteiger partial charge in [-0.25, -0.2) is 4.79 Å². The topological polar surface area (TPSA) is 96.6 Å². The van der Waals surface area contributed by atoms with Crippen LogP contribution in [-0.4, -0.2) is 22.9 Å². The number of benzene rings is 2. The van der Waals surface area contributed by atoms with Crippen molar-refractivity contribution in [1.82, 2.24) is 5.16 Å². The summed E-state index contributed by atoms with van der Waals surface area (Å²) in [6.07, 6.45) is 0. The summed E-state index contributed by atoms with van der Waals surface area (Å²) >= 11 is 0. The van der Waals surface area contributed by atoms with Gasteiger partial charge in [0.05, 0.1) is 12.3 Å². The van der Waals surface area contributed by atoms with Crippen molar-refractivity contribution in [1.29, 1.82) is 0 Å². The number of urea groups is 1. The van der Waals surface area contributed by atoms with Gasteiger partial charge in [0.15, 0.2) is 0 Å². The second-order valence-corrected chi connectivity index (χ2v) is 7.00. The van der Waals surface area contributed by atoms with Crippen LogP contribution in [0.15, 0.2) is 65.2 Å². The van der Waals surface area contributed by atoms with Gasteiger partial charge in [-0.1, -0.05) is 49.3 Å². The van der Waals surface area contributed by atoms with Gasteiger partial charge >= 0.3 is 6.03 Å². The average molecular weight is 381 g/mol. The van der Waals surface area contributed by atoms with Gasteiger partial charge in [-0.3, -0.25) is 5.32 Å². The lowest BCUT2D eigenvalue weighted by Gasteiger charge is -2.16. The highest BCUT2D eigenvalue weighted by molar-refractivity contribution is 5.98. The first-order valence-corrected chi connectivity index (χ1v) is 8.89. The maximum atomic E-state index is 12.1. The Labute approximate surface area is 163 Å². The van der Waals surface area contributed by atoms with Crippen LogP contribution in [0.5, 0.6) is 5.75 Å². The molecule has 28 heavy (non-hydrogen) atoms. The Morgan fingerprint density at radius 3 is 2.50 bits per heavy atom. The monoisotopic (exact) mass is 381 g/mol. The normalized spacial score (nSPS) is 11.1. The summed E-state index contributed by atoms with van der Waals surface area (Å²) < 4.78 is 10.8. The molecule has 1 aromatic heterocycles. The van der Waals surface area contributed by atoms with E-state index in [0.29, 0.717) is 23.7 Å². The predicted molar refractivity (Wildman–Crippen MR) is 106 cm³/mol. The standard InChI is InChI=1S/C21H23N3O4/c1-21(2,14-25)18-12-19(28-24-18)23-20(26)22-16-8-10-17(11-9-16)27-13-15-6-4-3-5-7-15/h3-12,25H,13-14H2,1-2H3,(H2,22,23,26). The number of amides is 2. The van der Waals surface area contributed by atoms with Crippen LogP contribution in [0, 0.1) is 0 Å². The van der Waals surface area contributed by atoms with Crippen LogP contribution in [0.2, 0.25) is 0 Å². The minimum atomic E-state index is -0.546. The second kappa shape index (κ2) is 8.58. The molecule has 0 unspecified atom stereocenters. The van der Waals surface area contributed by atoms with Gasteiger partial charge in [0, 0.05) is 17.2 Å². The number of aliphatic hydroxyl groups is 1. The average Bonchev–Trinajstić information content (AvgIpc) is 3.17. The Morgan fingerprint density at radius 2 is 1.82 bits per heavy atom. The van der Waals surface area contributed by atoms with E-state index in [2.05, 4.69) is 15.8 Å². The summed E-state index contributed by atoms with van der Waals surface area (Å²) in [5.41, 5.74) is 1.71. The van der Waals surface area contributed by atoms with Gasteiger partial charge in [-0.15, -0.1) is 0 Å². The van der Waals surface area contributed by atoms with Crippen molar-refractivity contribution in [2.45, 2.75) is 25.9 Å². The maximum absolute atomic E-state index is 12.1. The van der Waals surface area contributed by atoms with Crippen LogP contribution in [0.25, 0.3) is 0 Å². The zero-order valence-electron chi connectivity index (χ0n) is 15.8. The molecule has 3 N–H and O–H groups in total. The lowest BCUT2D eigenvalue weighted by molar-refractivity contribution is 0.210. The summed E-state index contributed by atoms with van der Waals surface area (Å²) in [5.74, 6) is 0.915. The van der Waals surface area contributed by atoms with Gasteiger partial charge in [-0.05, 0) is 29.8 Å². The summed E-state index contributed by atoms with van der Waals surface area (Å²) in [7, 11) is 0. The molecule has 0 saturated heterocycles. The van der Waals surface area contributed by atoms with E-state index in [1.165, 1.54) is 0 Å². The zero-order chi connectivity index (χ0) is 20.0. The van der Waals surface area contributed by atoms with Crippen LogP contribution in [0.4, 0.5) is 16.4 Å². The zero-order valence-corrected chi connectivity index (χ0v) is 15.8. The molecule has 0 radical (unpaired) electrons. The summed E-state index contributed by atoms with van der Waals surface area (Å²) in [5, 5.41) is 18.5. The van der Waals surface area contributed by atoms with E-state index < -0.39 is 11.4 Å². The van der Waals surface area contributed by atoms with Crippen molar-refractivity contribution in [2.24, 2.45) is 0 Å². The quantitative estimate of drug-likeness (QED) is 0.571. The lowest BCUT2D eigenvalue weighted by atomic mass is 9.91. The number of aliphatic hydroxyl groups excluding tert-OH is 1. The van der Waals surface area contributed by atoms with Crippen molar-refractivity contribution in [2.75, 3.05) is 17.2 Å². The molecule has 146 valence electrons. The molecule has 3 aromatic rings. The highest BCUT2D eigenvalue weighted by atomic mass is 16.5. The van der Waals surface area contributed by atoms with Gasteiger partial charge in [-0.2, -0.15) is 0 Å². The molecular weight excluding hydrogens is 358 g/mol. The molecule has 0 bridgehead atoms. The van der Waals surface area contributed by atoms with Crippen LogP contribution in [-0.2, 0) is 12.0 Å². The summed E-state index contributed by atoms with van der Waals surface area (Å²) in [4.78, 5) is 12.1. The molecule has 3 rings (SSSR count). The number of hydrogen-bond acceptors (Lipinski definition) is 5. The number of rotatable bonds is 7. The van der Waals surface area contributed by atoms with Crippen LogP contribution >= 0.6 is 0 Å². The van der Waals surface area contributed by atoms with E-state index in [1.54, 1.807) is 30.3 Å². The number of carbonyl (C=O) groups is 1. The second-order valence-electron chi connectivity index (χ2n) is 7.00. The molecule has 0 aliphatic rings. The highest BCUT2D eigenvalue weighted by Crippen LogP contribution is 2.24. The van der Waals surface area contributed by atoms with Gasteiger partial charge < -0.3 is 19.7 Å². The van der Waals surface area contributed by atoms with E-state index >= 15 is 0 Å². The molecule has 0 atom stereocenters. The minimum absolute atomic E-state index is 0.0795. The fourth-order valence-corrected chi connectivity index (χ4v) is 2.38. The molecule has 0 saturated carbocycles. The molecular formula is C21H23N3O4. The number of nitrogens with one attached hydrogen (secondary N) is 2. The molecule has 7 nitrogen and oxygen atoms in total. The molecule has 0 aliphatic heterocycles. The molecule has 2 amide bonds. The number of hydrogen-bond donors (Lipinski definition) is 3. The van der Waals surface area contributed by atoms with E-state index in [1.807, 2.05) is 44.2 Å². The SMILES string of the molecule is CC(C)(CO)c1cc(NC(=O)Nc2ccc(OCc3ccccc3)cc2)on1. The molecule has 1 heterocycles. The third kappa shape index (κ3) is 5.11. The Kier molecular flexibility index (Phi) is 5.96. The first kappa shape index (κ1) is 19.4. The number of anilines is 2. The largest absolute Gasteiger partial charge is 0.489 e. The van der Waals surface area contributed by atoms with Gasteiger partial charge in [0.1, 0.15) is 12.4 Å². The Hall–Kier alpha value is -3.32. The van der Waals surface area contributed by atoms with Crippen molar-refractivity contribution in [3.63, 3.8) is 0 Å². The number of ether oxygens (including phenoxy) is 1. The van der Waals surface area contributed by atoms with Crippen LogP contribution in [0.1, 0.15) is 25.1 Å². The van der Waals surface area contributed by atoms with E-state index in [0.717, 1.165) is 5.56 Å². The third-order valence-electron chi connectivity index (χ3n) is 4.20. The van der Waals surface area contributed by atoms with Crippen LogP contribution < -0.4 is 15.4 Å². The predicted octanol–water partition coefficient (Wildman–Crippen LogP) is 4.17. The molecule has 7 heteroatoms. The van der Waals surface area contributed by atoms with Crippen molar-refractivity contribution in [3.8, 4) is 5.75 Å². The fraction of sp³-hybridized carbons (Fsp3) is 0.238. The van der Waals surface area contributed by atoms with E-state index in [9.17, 15) is 9.90 Å². The minimum Gasteiger partial charge on any atom is -0.489 e. The third-order valence-corrected chi connectivity index (χ3v) is 4.20. The molecule has 0 spiro atoms. The lowest BCUT2D eigenvalue weighted by Crippen LogP contribution is -2.22. The smallest absolute Gasteiger partial charge is 0.326 e. The van der Waals surface area contributed by atoms with Crippen LogP contribution in [0.3, 0.4) is 0 Å². The maximum Gasteiger partial charge on any atom is 0.326 e. The van der Waals surface area contributed by atoms with Crippen molar-refractivity contribution in [3.05, 3.63) is 71.9 Å². The molecule has 0 fully saturated rings. The number of carbonyl (C=O) groups excluding carboxylic acids is 1. The molecule has 0 aliphatic carbocycles. The Morgan fingerprint density at radius 1 is 1.11 bits per heavy atom. The fourth-order valence-electron chi connectivity index (χ4n) is 2.38. The highest BCUT2D eigenvalue weighted by Gasteiger charge is 2.24. The van der Waals surface area contributed by atoms with Crippen molar-refractivity contribution >= 4 is 17.6 Å². The summed E-state index contributed by atoms with van der Waals surface area (Å²) in [6.45, 7) is 4.06.